The quantitative estimate of drug-likeness (QED) is 0.723. The van der Waals surface area contributed by atoms with Crippen LogP contribution in [-0.2, 0) is 4.79 Å². The fourth-order valence-corrected chi connectivity index (χ4v) is 3.19. The highest BCUT2D eigenvalue weighted by Gasteiger charge is 2.27. The van der Waals surface area contributed by atoms with Gasteiger partial charge in [-0.2, -0.15) is 0 Å². The summed E-state index contributed by atoms with van der Waals surface area (Å²) in [6.45, 7) is 4.01. The van der Waals surface area contributed by atoms with Gasteiger partial charge in [-0.25, -0.2) is 4.68 Å². The lowest BCUT2D eigenvalue weighted by atomic mass is 10.1. The SMILES string of the molecule is CC1=C(n2nnc3ccccc32)CCC(=O)N1c1ccc(C)cc1. The highest BCUT2D eigenvalue weighted by atomic mass is 16.2. The highest BCUT2D eigenvalue weighted by Crippen LogP contribution is 2.32. The van der Waals surface area contributed by atoms with E-state index in [1.165, 1.54) is 5.56 Å². The third-order valence-corrected chi connectivity index (χ3v) is 4.48. The molecule has 1 aromatic heterocycles. The Bertz CT molecular complexity index is 953. The molecular formula is C19H18N4O. The van der Waals surface area contributed by atoms with Crippen molar-refractivity contribution in [3.05, 3.63) is 59.8 Å². The van der Waals surface area contributed by atoms with Gasteiger partial charge >= 0.3 is 0 Å². The Kier molecular flexibility index (Phi) is 3.41. The van der Waals surface area contributed by atoms with Gasteiger partial charge in [-0.3, -0.25) is 9.69 Å². The molecule has 0 unspecified atom stereocenters. The van der Waals surface area contributed by atoms with E-state index in [1.54, 1.807) is 4.90 Å². The fraction of sp³-hybridized carbons (Fsp3) is 0.211. The number of benzene rings is 2. The van der Waals surface area contributed by atoms with Gasteiger partial charge in [0.05, 0.1) is 11.2 Å². The van der Waals surface area contributed by atoms with E-state index in [9.17, 15) is 4.79 Å². The molecule has 120 valence electrons. The second-order valence-corrected chi connectivity index (χ2v) is 6.09. The maximum Gasteiger partial charge on any atom is 0.231 e. The topological polar surface area (TPSA) is 51.0 Å². The molecule has 0 fully saturated rings. The molecule has 2 aromatic carbocycles. The number of nitrogens with zero attached hydrogens (tertiary/aromatic N) is 4. The summed E-state index contributed by atoms with van der Waals surface area (Å²) in [6, 6.07) is 15.9. The van der Waals surface area contributed by atoms with Gasteiger partial charge in [0.15, 0.2) is 0 Å². The maximum atomic E-state index is 12.5. The smallest absolute Gasteiger partial charge is 0.231 e. The Morgan fingerprint density at radius 2 is 1.71 bits per heavy atom. The first-order valence-electron chi connectivity index (χ1n) is 8.05. The number of fused-ring (bicyclic) bond motifs is 1. The maximum absolute atomic E-state index is 12.5. The Morgan fingerprint density at radius 3 is 2.50 bits per heavy atom. The summed E-state index contributed by atoms with van der Waals surface area (Å²) in [6.07, 6.45) is 1.13. The van der Waals surface area contributed by atoms with Crippen LogP contribution in [0.2, 0.25) is 0 Å². The fourth-order valence-electron chi connectivity index (χ4n) is 3.19. The third kappa shape index (κ3) is 2.29. The molecule has 0 radical (unpaired) electrons. The number of aromatic nitrogens is 3. The Balaban J connectivity index is 1.85. The summed E-state index contributed by atoms with van der Waals surface area (Å²) >= 11 is 0. The molecule has 2 heterocycles. The van der Waals surface area contributed by atoms with Crippen molar-refractivity contribution < 1.29 is 4.79 Å². The zero-order valence-electron chi connectivity index (χ0n) is 13.7. The molecule has 5 nitrogen and oxygen atoms in total. The molecule has 0 atom stereocenters. The first-order chi connectivity index (χ1) is 11.6. The predicted octanol–water partition coefficient (Wildman–Crippen LogP) is 3.76. The van der Waals surface area contributed by atoms with Crippen LogP contribution in [0.1, 0.15) is 25.3 Å². The summed E-state index contributed by atoms with van der Waals surface area (Å²) in [5.74, 6) is 0.115. The molecule has 0 saturated carbocycles. The number of hydrogen-bond acceptors (Lipinski definition) is 3. The molecule has 1 aliphatic rings. The summed E-state index contributed by atoms with van der Waals surface area (Å²) in [5, 5.41) is 8.54. The molecule has 0 bridgehead atoms. The zero-order valence-corrected chi connectivity index (χ0v) is 13.7. The molecule has 5 heteroatoms. The minimum absolute atomic E-state index is 0.115. The van der Waals surface area contributed by atoms with Crippen LogP contribution in [0.5, 0.6) is 0 Å². The monoisotopic (exact) mass is 318 g/mol. The van der Waals surface area contributed by atoms with Crippen LogP contribution in [0, 0.1) is 6.92 Å². The lowest BCUT2D eigenvalue weighted by Crippen LogP contribution is -2.34. The zero-order chi connectivity index (χ0) is 16.7. The summed E-state index contributed by atoms with van der Waals surface area (Å²) < 4.78 is 1.86. The minimum atomic E-state index is 0.115. The van der Waals surface area contributed by atoms with E-state index in [4.69, 9.17) is 0 Å². The molecule has 0 spiro atoms. The van der Waals surface area contributed by atoms with E-state index in [1.807, 2.05) is 67.1 Å². The van der Waals surface area contributed by atoms with Crippen LogP contribution in [0.15, 0.2) is 54.2 Å². The number of hydrogen-bond donors (Lipinski definition) is 0. The second kappa shape index (κ2) is 5.60. The first kappa shape index (κ1) is 14.6. The van der Waals surface area contributed by atoms with E-state index in [0.29, 0.717) is 12.8 Å². The summed E-state index contributed by atoms with van der Waals surface area (Å²) in [4.78, 5) is 14.3. The average molecular weight is 318 g/mol. The molecule has 1 aliphatic heterocycles. The largest absolute Gasteiger partial charge is 0.283 e. The number of carbonyl (C=O) groups is 1. The molecule has 24 heavy (non-hydrogen) atoms. The molecule has 4 rings (SSSR count). The van der Waals surface area contributed by atoms with Crippen LogP contribution in [-0.4, -0.2) is 20.9 Å². The van der Waals surface area contributed by atoms with Gasteiger partial charge in [0, 0.05) is 24.2 Å². The minimum Gasteiger partial charge on any atom is -0.283 e. The Hall–Kier alpha value is -2.95. The van der Waals surface area contributed by atoms with Crippen molar-refractivity contribution in [2.45, 2.75) is 26.7 Å². The molecule has 0 saturated heterocycles. The van der Waals surface area contributed by atoms with E-state index in [-0.39, 0.29) is 5.91 Å². The van der Waals surface area contributed by atoms with Gasteiger partial charge < -0.3 is 0 Å². The van der Waals surface area contributed by atoms with Crippen molar-refractivity contribution in [1.82, 2.24) is 15.0 Å². The van der Waals surface area contributed by atoms with Gasteiger partial charge in [0.25, 0.3) is 0 Å². The van der Waals surface area contributed by atoms with E-state index >= 15 is 0 Å². The molecule has 3 aromatic rings. The molecule has 0 N–H and O–H groups in total. The summed E-state index contributed by atoms with van der Waals surface area (Å²) in [7, 11) is 0. The number of rotatable bonds is 2. The number of carbonyl (C=O) groups excluding carboxylic acids is 1. The normalized spacial score (nSPS) is 15.4. The third-order valence-electron chi connectivity index (χ3n) is 4.48. The summed E-state index contributed by atoms with van der Waals surface area (Å²) in [5.41, 5.74) is 5.81. The van der Waals surface area contributed by atoms with Crippen LogP contribution in [0.3, 0.4) is 0 Å². The number of anilines is 1. The van der Waals surface area contributed by atoms with E-state index < -0.39 is 0 Å². The van der Waals surface area contributed by atoms with Gasteiger partial charge in [-0.1, -0.05) is 35.0 Å². The van der Waals surface area contributed by atoms with Crippen molar-refractivity contribution in [2.75, 3.05) is 4.90 Å². The van der Waals surface area contributed by atoms with Crippen molar-refractivity contribution >= 4 is 28.3 Å². The second-order valence-electron chi connectivity index (χ2n) is 6.09. The van der Waals surface area contributed by atoms with Gasteiger partial charge in [-0.05, 0) is 38.1 Å². The van der Waals surface area contributed by atoms with Gasteiger partial charge in [0.1, 0.15) is 5.52 Å². The van der Waals surface area contributed by atoms with Crippen LogP contribution in [0.25, 0.3) is 16.7 Å². The molecule has 0 aliphatic carbocycles. The number of para-hydroxylation sites is 1. The number of allylic oxidation sites excluding steroid dienone is 2. The van der Waals surface area contributed by atoms with E-state index in [0.717, 1.165) is 28.1 Å². The van der Waals surface area contributed by atoms with Crippen molar-refractivity contribution in [3.8, 4) is 0 Å². The van der Waals surface area contributed by atoms with Crippen LogP contribution in [0.4, 0.5) is 5.69 Å². The average Bonchev–Trinajstić information content (AvgIpc) is 3.01. The van der Waals surface area contributed by atoms with Crippen molar-refractivity contribution in [1.29, 1.82) is 0 Å². The lowest BCUT2D eigenvalue weighted by Gasteiger charge is -2.30. The van der Waals surface area contributed by atoms with Gasteiger partial charge in [-0.15, -0.1) is 5.10 Å². The lowest BCUT2D eigenvalue weighted by molar-refractivity contribution is -0.118. The number of aryl methyl sites for hydroxylation is 1. The standard InChI is InChI=1S/C19H18N4O/c1-13-7-9-15(10-8-13)22-14(2)17(11-12-19(22)24)23-18-6-4-3-5-16(18)20-21-23/h3-10H,11-12H2,1-2H3. The molecular weight excluding hydrogens is 300 g/mol. The first-order valence-corrected chi connectivity index (χ1v) is 8.05. The molecule has 1 amide bonds. The van der Waals surface area contributed by atoms with Crippen LogP contribution < -0.4 is 4.90 Å². The van der Waals surface area contributed by atoms with E-state index in [2.05, 4.69) is 10.3 Å². The van der Waals surface area contributed by atoms with Crippen molar-refractivity contribution in [3.63, 3.8) is 0 Å². The van der Waals surface area contributed by atoms with Gasteiger partial charge in [0.2, 0.25) is 5.91 Å². The number of amides is 1. The Labute approximate surface area is 140 Å². The van der Waals surface area contributed by atoms with Crippen molar-refractivity contribution in [2.24, 2.45) is 0 Å². The predicted molar refractivity (Wildman–Crippen MR) is 94.3 cm³/mol. The highest BCUT2D eigenvalue weighted by molar-refractivity contribution is 6.00. The van der Waals surface area contributed by atoms with Crippen LogP contribution >= 0.6 is 0 Å². The Morgan fingerprint density at radius 1 is 0.958 bits per heavy atom.